The second kappa shape index (κ2) is 5.48. The third kappa shape index (κ3) is 2.69. The van der Waals surface area contributed by atoms with E-state index >= 15 is 0 Å². The van der Waals surface area contributed by atoms with Crippen molar-refractivity contribution in [3.63, 3.8) is 0 Å². The third-order valence-electron chi connectivity index (χ3n) is 3.67. The number of hydrogen-bond acceptors (Lipinski definition) is 4. The van der Waals surface area contributed by atoms with Crippen LogP contribution in [-0.4, -0.2) is 72.2 Å². The van der Waals surface area contributed by atoms with Crippen LogP contribution in [0.5, 0.6) is 0 Å². The highest BCUT2D eigenvalue weighted by Crippen LogP contribution is 2.18. The summed E-state index contributed by atoms with van der Waals surface area (Å²) in [5, 5.41) is 0. The van der Waals surface area contributed by atoms with Gasteiger partial charge in [0, 0.05) is 51.6 Å². The standard InChI is InChI=1S/C12H19N3O3/c1-10-8-11(17)15(12(10)18)7-6-13-2-4-14(9-16)5-3-13/h9-10H,2-8H2,1H3. The lowest BCUT2D eigenvalue weighted by molar-refractivity contribution is -0.139. The van der Waals surface area contributed by atoms with Crippen molar-refractivity contribution in [2.75, 3.05) is 39.3 Å². The molecule has 0 aromatic carbocycles. The van der Waals surface area contributed by atoms with Crippen molar-refractivity contribution < 1.29 is 14.4 Å². The molecule has 2 saturated heterocycles. The first-order valence-corrected chi connectivity index (χ1v) is 6.37. The molecule has 2 aliphatic rings. The highest BCUT2D eigenvalue weighted by Gasteiger charge is 2.35. The summed E-state index contributed by atoms with van der Waals surface area (Å²) in [4.78, 5) is 39.2. The summed E-state index contributed by atoms with van der Waals surface area (Å²) in [7, 11) is 0. The largest absolute Gasteiger partial charge is 0.343 e. The Bertz CT molecular complexity index is 350. The zero-order valence-electron chi connectivity index (χ0n) is 10.7. The molecule has 0 aromatic rings. The average molecular weight is 253 g/mol. The molecule has 100 valence electrons. The van der Waals surface area contributed by atoms with Crippen LogP contribution in [0.15, 0.2) is 0 Å². The number of carbonyl (C=O) groups excluding carboxylic acids is 3. The first-order valence-electron chi connectivity index (χ1n) is 6.37. The Kier molecular flexibility index (Phi) is 3.96. The number of carbonyl (C=O) groups is 3. The van der Waals surface area contributed by atoms with E-state index in [1.807, 2.05) is 0 Å². The fourth-order valence-electron chi connectivity index (χ4n) is 2.42. The van der Waals surface area contributed by atoms with Crippen LogP contribution < -0.4 is 0 Å². The van der Waals surface area contributed by atoms with Crippen LogP contribution in [0.1, 0.15) is 13.3 Å². The molecular weight excluding hydrogens is 234 g/mol. The zero-order valence-corrected chi connectivity index (χ0v) is 10.7. The molecule has 2 aliphatic heterocycles. The number of imide groups is 1. The lowest BCUT2D eigenvalue weighted by Gasteiger charge is -2.33. The Hall–Kier alpha value is -1.43. The van der Waals surface area contributed by atoms with Crippen LogP contribution in [0.3, 0.4) is 0 Å². The first-order chi connectivity index (χ1) is 8.61. The van der Waals surface area contributed by atoms with Gasteiger partial charge in [-0.2, -0.15) is 0 Å². The van der Waals surface area contributed by atoms with Crippen LogP contribution in [-0.2, 0) is 14.4 Å². The molecule has 6 heteroatoms. The van der Waals surface area contributed by atoms with Crippen LogP contribution in [0.2, 0.25) is 0 Å². The quantitative estimate of drug-likeness (QED) is 0.484. The van der Waals surface area contributed by atoms with E-state index in [0.29, 0.717) is 19.5 Å². The second-order valence-corrected chi connectivity index (χ2v) is 4.97. The summed E-state index contributed by atoms with van der Waals surface area (Å²) >= 11 is 0. The molecule has 2 heterocycles. The number of nitrogens with zero attached hydrogens (tertiary/aromatic N) is 3. The average Bonchev–Trinajstić information content (AvgIpc) is 2.62. The molecule has 0 N–H and O–H groups in total. The number of piperazine rings is 1. The van der Waals surface area contributed by atoms with Crippen molar-refractivity contribution in [3.05, 3.63) is 0 Å². The van der Waals surface area contributed by atoms with Gasteiger partial charge in [-0.05, 0) is 0 Å². The molecule has 1 atom stereocenters. The fraction of sp³-hybridized carbons (Fsp3) is 0.750. The summed E-state index contributed by atoms with van der Waals surface area (Å²) in [6.07, 6.45) is 1.21. The van der Waals surface area contributed by atoms with Crippen molar-refractivity contribution in [2.24, 2.45) is 5.92 Å². The summed E-state index contributed by atoms with van der Waals surface area (Å²) in [5.74, 6) is -0.269. The van der Waals surface area contributed by atoms with Crippen molar-refractivity contribution in [1.29, 1.82) is 0 Å². The van der Waals surface area contributed by atoms with E-state index in [-0.39, 0.29) is 17.7 Å². The van der Waals surface area contributed by atoms with Gasteiger partial charge in [0.2, 0.25) is 18.2 Å². The Balaban J connectivity index is 1.77. The van der Waals surface area contributed by atoms with Crippen molar-refractivity contribution >= 4 is 18.2 Å². The van der Waals surface area contributed by atoms with Crippen LogP contribution in [0.4, 0.5) is 0 Å². The topological polar surface area (TPSA) is 60.9 Å². The number of hydrogen-bond donors (Lipinski definition) is 0. The van der Waals surface area contributed by atoms with E-state index < -0.39 is 0 Å². The van der Waals surface area contributed by atoms with Gasteiger partial charge in [0.15, 0.2) is 0 Å². The van der Waals surface area contributed by atoms with Crippen LogP contribution in [0.25, 0.3) is 0 Å². The first kappa shape index (κ1) is 13.0. The minimum atomic E-state index is -0.163. The van der Waals surface area contributed by atoms with Crippen LogP contribution >= 0.6 is 0 Å². The van der Waals surface area contributed by atoms with Gasteiger partial charge in [-0.1, -0.05) is 6.92 Å². The maximum absolute atomic E-state index is 11.7. The summed E-state index contributed by atoms with van der Waals surface area (Å²) < 4.78 is 0. The molecule has 0 saturated carbocycles. The SMILES string of the molecule is CC1CC(=O)N(CCN2CCN(C=O)CC2)C1=O. The molecule has 2 fully saturated rings. The molecule has 1 unspecified atom stereocenters. The highest BCUT2D eigenvalue weighted by molar-refractivity contribution is 6.03. The second-order valence-electron chi connectivity index (χ2n) is 4.97. The highest BCUT2D eigenvalue weighted by atomic mass is 16.2. The molecule has 6 nitrogen and oxygen atoms in total. The van der Waals surface area contributed by atoms with E-state index in [1.165, 1.54) is 4.90 Å². The smallest absolute Gasteiger partial charge is 0.232 e. The molecular formula is C12H19N3O3. The summed E-state index contributed by atoms with van der Waals surface area (Å²) in [6, 6.07) is 0. The zero-order chi connectivity index (χ0) is 13.1. The van der Waals surface area contributed by atoms with Crippen molar-refractivity contribution in [1.82, 2.24) is 14.7 Å². The van der Waals surface area contributed by atoms with Gasteiger partial charge in [-0.15, -0.1) is 0 Å². The van der Waals surface area contributed by atoms with Crippen LogP contribution in [0, 0.1) is 5.92 Å². The molecule has 0 radical (unpaired) electrons. The lowest BCUT2D eigenvalue weighted by Crippen LogP contribution is -2.48. The van der Waals surface area contributed by atoms with Gasteiger partial charge in [-0.3, -0.25) is 24.2 Å². The molecule has 0 bridgehead atoms. The normalized spacial score (nSPS) is 25.9. The van der Waals surface area contributed by atoms with E-state index in [2.05, 4.69) is 4.90 Å². The Morgan fingerprint density at radius 1 is 1.17 bits per heavy atom. The summed E-state index contributed by atoms with van der Waals surface area (Å²) in [5.41, 5.74) is 0. The van der Waals surface area contributed by atoms with Gasteiger partial charge in [0.1, 0.15) is 0 Å². The Labute approximate surface area is 107 Å². The van der Waals surface area contributed by atoms with E-state index in [9.17, 15) is 14.4 Å². The number of amides is 3. The van der Waals surface area contributed by atoms with Crippen molar-refractivity contribution in [2.45, 2.75) is 13.3 Å². The van der Waals surface area contributed by atoms with Gasteiger partial charge in [0.25, 0.3) is 0 Å². The monoisotopic (exact) mass is 253 g/mol. The van der Waals surface area contributed by atoms with E-state index in [0.717, 1.165) is 32.6 Å². The third-order valence-corrected chi connectivity index (χ3v) is 3.67. The van der Waals surface area contributed by atoms with Gasteiger partial charge in [-0.25, -0.2) is 0 Å². The van der Waals surface area contributed by atoms with Crippen molar-refractivity contribution in [3.8, 4) is 0 Å². The Morgan fingerprint density at radius 3 is 2.33 bits per heavy atom. The molecule has 0 aliphatic carbocycles. The number of likely N-dealkylation sites (tertiary alicyclic amines) is 1. The summed E-state index contributed by atoms with van der Waals surface area (Å²) in [6.45, 7) is 6.04. The lowest BCUT2D eigenvalue weighted by atomic mass is 10.1. The predicted molar refractivity (Wildman–Crippen MR) is 64.6 cm³/mol. The molecule has 3 amide bonds. The maximum atomic E-state index is 11.7. The predicted octanol–water partition coefficient (Wildman–Crippen LogP) is -0.845. The minimum absolute atomic E-state index is 0.0495. The minimum Gasteiger partial charge on any atom is -0.343 e. The number of rotatable bonds is 4. The van der Waals surface area contributed by atoms with E-state index in [1.54, 1.807) is 11.8 Å². The maximum Gasteiger partial charge on any atom is 0.232 e. The molecule has 0 spiro atoms. The van der Waals surface area contributed by atoms with E-state index in [4.69, 9.17) is 0 Å². The molecule has 2 rings (SSSR count). The molecule has 18 heavy (non-hydrogen) atoms. The Morgan fingerprint density at radius 2 is 1.83 bits per heavy atom. The van der Waals surface area contributed by atoms with Gasteiger partial charge >= 0.3 is 0 Å². The molecule has 0 aromatic heterocycles. The fourth-order valence-corrected chi connectivity index (χ4v) is 2.42. The van der Waals surface area contributed by atoms with Gasteiger partial charge in [0.05, 0.1) is 0 Å². The van der Waals surface area contributed by atoms with Gasteiger partial charge < -0.3 is 4.90 Å².